The Morgan fingerprint density at radius 1 is 1.47 bits per heavy atom. The molecular formula is C9H6BrF3O2. The number of halogens is 4. The summed E-state index contributed by atoms with van der Waals surface area (Å²) in [4.78, 5) is 11.0. The number of hydrogen-bond acceptors (Lipinski definition) is 2. The van der Waals surface area contributed by atoms with Gasteiger partial charge in [-0.2, -0.15) is 0 Å². The number of carbonyl (C=O) groups excluding carboxylic acids is 1. The van der Waals surface area contributed by atoms with Crippen LogP contribution in [-0.2, 0) is 0 Å². The fraction of sp³-hybridized carbons (Fsp3) is 0.222. The van der Waals surface area contributed by atoms with Gasteiger partial charge in [0.25, 0.3) is 0 Å². The molecule has 0 radical (unpaired) electrons. The van der Waals surface area contributed by atoms with E-state index in [1.807, 2.05) is 0 Å². The first kappa shape index (κ1) is 12.0. The maximum atomic E-state index is 13.4. The van der Waals surface area contributed by atoms with Gasteiger partial charge < -0.3 is 4.74 Å². The molecule has 0 atom stereocenters. The smallest absolute Gasteiger partial charge is 0.300 e. The molecule has 0 N–H and O–H groups in total. The monoisotopic (exact) mass is 282 g/mol. The SMILES string of the molecule is COc1ccc(Br)c(C(=O)C(F)F)c1F. The molecule has 0 unspecified atom stereocenters. The van der Waals surface area contributed by atoms with Crippen molar-refractivity contribution in [3.8, 4) is 5.75 Å². The lowest BCUT2D eigenvalue weighted by Crippen LogP contribution is -2.13. The number of carbonyl (C=O) groups is 1. The zero-order valence-electron chi connectivity index (χ0n) is 7.56. The van der Waals surface area contributed by atoms with Crippen LogP contribution in [0.2, 0.25) is 0 Å². The van der Waals surface area contributed by atoms with E-state index in [0.29, 0.717) is 0 Å². The predicted octanol–water partition coefficient (Wildman–Crippen LogP) is 3.04. The molecule has 0 aliphatic carbocycles. The third-order valence-electron chi connectivity index (χ3n) is 1.72. The quantitative estimate of drug-likeness (QED) is 0.797. The Morgan fingerprint density at radius 2 is 2.07 bits per heavy atom. The number of alkyl halides is 2. The van der Waals surface area contributed by atoms with Crippen LogP contribution < -0.4 is 4.74 Å². The van der Waals surface area contributed by atoms with Gasteiger partial charge in [0.15, 0.2) is 11.6 Å². The van der Waals surface area contributed by atoms with E-state index in [0.717, 1.165) is 0 Å². The third-order valence-corrected chi connectivity index (χ3v) is 2.38. The largest absolute Gasteiger partial charge is 0.494 e. The summed E-state index contributed by atoms with van der Waals surface area (Å²) in [5.74, 6) is -2.90. The lowest BCUT2D eigenvalue weighted by molar-refractivity contribution is 0.0672. The second-order valence-corrected chi connectivity index (χ2v) is 3.46. The number of rotatable bonds is 3. The molecule has 0 bridgehead atoms. The molecule has 0 saturated carbocycles. The van der Waals surface area contributed by atoms with Gasteiger partial charge in [-0.25, -0.2) is 13.2 Å². The summed E-state index contributed by atoms with van der Waals surface area (Å²) in [6, 6.07) is 2.51. The van der Waals surface area contributed by atoms with Gasteiger partial charge in [0, 0.05) is 4.47 Å². The van der Waals surface area contributed by atoms with Crippen molar-refractivity contribution < 1.29 is 22.7 Å². The average Bonchev–Trinajstić information content (AvgIpc) is 2.17. The van der Waals surface area contributed by atoms with E-state index in [2.05, 4.69) is 20.7 Å². The van der Waals surface area contributed by atoms with E-state index in [-0.39, 0.29) is 10.2 Å². The molecule has 0 amide bonds. The molecule has 1 aromatic carbocycles. The molecule has 15 heavy (non-hydrogen) atoms. The second-order valence-electron chi connectivity index (χ2n) is 2.60. The highest BCUT2D eigenvalue weighted by Gasteiger charge is 2.26. The van der Waals surface area contributed by atoms with Gasteiger partial charge in [-0.3, -0.25) is 4.79 Å². The zero-order chi connectivity index (χ0) is 11.6. The van der Waals surface area contributed by atoms with Gasteiger partial charge in [0.1, 0.15) is 0 Å². The summed E-state index contributed by atoms with van der Waals surface area (Å²) in [5.41, 5.74) is -0.690. The van der Waals surface area contributed by atoms with Gasteiger partial charge in [-0.1, -0.05) is 0 Å². The Balaban J connectivity index is 3.33. The average molecular weight is 283 g/mol. The van der Waals surface area contributed by atoms with Gasteiger partial charge in [-0.05, 0) is 28.1 Å². The Kier molecular flexibility index (Phi) is 3.73. The molecule has 6 heteroatoms. The van der Waals surface area contributed by atoms with Crippen LogP contribution in [0.3, 0.4) is 0 Å². The van der Waals surface area contributed by atoms with E-state index < -0.39 is 23.6 Å². The van der Waals surface area contributed by atoms with E-state index in [1.54, 1.807) is 0 Å². The minimum Gasteiger partial charge on any atom is -0.494 e. The molecule has 2 nitrogen and oxygen atoms in total. The van der Waals surface area contributed by atoms with Crippen molar-refractivity contribution in [2.24, 2.45) is 0 Å². The summed E-state index contributed by atoms with van der Waals surface area (Å²) < 4.78 is 42.3. The Bertz CT molecular complexity index is 393. The number of benzene rings is 1. The van der Waals surface area contributed by atoms with Crippen molar-refractivity contribution in [2.75, 3.05) is 7.11 Å². The Morgan fingerprint density at radius 3 is 2.53 bits per heavy atom. The van der Waals surface area contributed by atoms with Crippen LogP contribution in [0.5, 0.6) is 5.75 Å². The Hall–Kier alpha value is -1.04. The fourth-order valence-electron chi connectivity index (χ4n) is 1.03. The molecule has 0 spiro atoms. The molecule has 0 saturated heterocycles. The number of ether oxygens (including phenoxy) is 1. The second kappa shape index (κ2) is 4.65. The number of hydrogen-bond donors (Lipinski definition) is 0. The molecule has 0 aliphatic heterocycles. The summed E-state index contributed by atoms with van der Waals surface area (Å²) in [5, 5.41) is 0. The predicted molar refractivity (Wildman–Crippen MR) is 51.0 cm³/mol. The molecule has 0 aromatic heterocycles. The Labute approximate surface area is 92.2 Å². The summed E-state index contributed by atoms with van der Waals surface area (Å²) in [7, 11) is 1.18. The van der Waals surface area contributed by atoms with Gasteiger partial charge in [0.2, 0.25) is 5.78 Å². The van der Waals surface area contributed by atoms with Crippen molar-refractivity contribution in [1.29, 1.82) is 0 Å². The first-order valence-corrected chi connectivity index (χ1v) is 4.62. The van der Waals surface area contributed by atoms with Crippen LogP contribution in [-0.4, -0.2) is 19.3 Å². The first-order valence-electron chi connectivity index (χ1n) is 3.83. The number of ketones is 1. The molecule has 1 aromatic rings. The van der Waals surface area contributed by atoms with E-state index in [1.165, 1.54) is 19.2 Å². The highest BCUT2D eigenvalue weighted by atomic mass is 79.9. The van der Waals surface area contributed by atoms with E-state index >= 15 is 0 Å². The first-order chi connectivity index (χ1) is 6.99. The minimum atomic E-state index is -3.25. The number of methoxy groups -OCH3 is 1. The van der Waals surface area contributed by atoms with Crippen LogP contribution in [0.15, 0.2) is 16.6 Å². The standard InChI is InChI=1S/C9H6BrF3O2/c1-15-5-3-2-4(10)6(7(5)11)8(14)9(12)13/h2-3,9H,1H3. The fourth-order valence-corrected chi connectivity index (χ4v) is 1.53. The van der Waals surface area contributed by atoms with Crippen molar-refractivity contribution >= 4 is 21.7 Å². The zero-order valence-corrected chi connectivity index (χ0v) is 9.15. The van der Waals surface area contributed by atoms with Gasteiger partial charge >= 0.3 is 6.43 Å². The van der Waals surface area contributed by atoms with Crippen LogP contribution >= 0.6 is 15.9 Å². The van der Waals surface area contributed by atoms with Crippen molar-refractivity contribution in [1.82, 2.24) is 0 Å². The lowest BCUT2D eigenvalue weighted by atomic mass is 10.1. The number of Topliss-reactive ketones (excluding diaryl/α,β-unsaturated/α-hetero) is 1. The van der Waals surface area contributed by atoms with Crippen LogP contribution in [0.4, 0.5) is 13.2 Å². The minimum absolute atomic E-state index is 0.0221. The highest BCUT2D eigenvalue weighted by Crippen LogP contribution is 2.29. The summed E-state index contributed by atoms with van der Waals surface area (Å²) in [6.45, 7) is 0. The van der Waals surface area contributed by atoms with Crippen LogP contribution in [0.25, 0.3) is 0 Å². The molecule has 0 aliphatic rings. The molecule has 0 heterocycles. The maximum absolute atomic E-state index is 13.4. The van der Waals surface area contributed by atoms with Crippen molar-refractivity contribution in [3.63, 3.8) is 0 Å². The molecule has 82 valence electrons. The van der Waals surface area contributed by atoms with Gasteiger partial charge in [0.05, 0.1) is 12.7 Å². The molecular weight excluding hydrogens is 277 g/mol. The summed E-state index contributed by atoms with van der Waals surface area (Å²) >= 11 is 2.83. The van der Waals surface area contributed by atoms with Crippen LogP contribution in [0.1, 0.15) is 10.4 Å². The normalized spacial score (nSPS) is 10.5. The van der Waals surface area contributed by atoms with E-state index in [4.69, 9.17) is 0 Å². The maximum Gasteiger partial charge on any atom is 0.300 e. The molecule has 1 rings (SSSR count). The summed E-state index contributed by atoms with van der Waals surface area (Å²) in [6.07, 6.45) is -3.25. The van der Waals surface area contributed by atoms with Crippen molar-refractivity contribution in [3.05, 3.63) is 28.0 Å². The topological polar surface area (TPSA) is 26.3 Å². The van der Waals surface area contributed by atoms with E-state index in [9.17, 15) is 18.0 Å². The molecule has 0 fully saturated rings. The lowest BCUT2D eigenvalue weighted by Gasteiger charge is -2.08. The van der Waals surface area contributed by atoms with Crippen LogP contribution in [0, 0.1) is 5.82 Å². The highest BCUT2D eigenvalue weighted by molar-refractivity contribution is 9.10. The van der Waals surface area contributed by atoms with Crippen molar-refractivity contribution in [2.45, 2.75) is 6.43 Å². The van der Waals surface area contributed by atoms with Gasteiger partial charge in [-0.15, -0.1) is 0 Å². The third kappa shape index (κ3) is 2.31.